The van der Waals surface area contributed by atoms with Crippen molar-refractivity contribution in [3.63, 3.8) is 0 Å². The monoisotopic (exact) mass is 304 g/mol. The highest BCUT2D eigenvalue weighted by molar-refractivity contribution is 5.81. The van der Waals surface area contributed by atoms with E-state index in [-0.39, 0.29) is 17.4 Å². The van der Waals surface area contributed by atoms with Gasteiger partial charge in [0.1, 0.15) is 5.75 Å². The minimum absolute atomic E-state index is 0.0244. The first-order chi connectivity index (χ1) is 10.3. The number of carbonyl (C=O) groups excluding carboxylic acids is 1. The number of nitrogens with zero attached hydrogens (tertiary/aromatic N) is 1. The van der Waals surface area contributed by atoms with Gasteiger partial charge >= 0.3 is 0 Å². The fourth-order valence-electron chi connectivity index (χ4n) is 2.76. The van der Waals surface area contributed by atoms with Gasteiger partial charge in [-0.15, -0.1) is 0 Å². The highest BCUT2D eigenvalue weighted by atomic mass is 16.5. The van der Waals surface area contributed by atoms with E-state index in [0.717, 1.165) is 25.1 Å². The number of benzene rings is 1. The number of ether oxygens (including phenoxy) is 1. The third kappa shape index (κ3) is 4.23. The van der Waals surface area contributed by atoms with Crippen LogP contribution in [-0.2, 0) is 10.2 Å². The first kappa shape index (κ1) is 16.8. The molecule has 0 aromatic heterocycles. The van der Waals surface area contributed by atoms with E-state index in [1.54, 1.807) is 0 Å². The number of amides is 1. The van der Waals surface area contributed by atoms with Crippen LogP contribution in [-0.4, -0.2) is 36.0 Å². The lowest BCUT2D eigenvalue weighted by Gasteiger charge is -2.32. The van der Waals surface area contributed by atoms with Crippen LogP contribution in [0.15, 0.2) is 24.3 Å². The number of rotatable bonds is 3. The fourth-order valence-corrected chi connectivity index (χ4v) is 2.76. The molecule has 1 fully saturated rings. The van der Waals surface area contributed by atoms with Crippen molar-refractivity contribution < 1.29 is 9.53 Å². The molecular formula is C18H28N2O2. The average molecular weight is 304 g/mol. The Labute approximate surface area is 133 Å². The molecule has 22 heavy (non-hydrogen) atoms. The summed E-state index contributed by atoms with van der Waals surface area (Å²) in [6, 6.07) is 8.08. The van der Waals surface area contributed by atoms with Gasteiger partial charge < -0.3 is 15.4 Å². The number of nitrogens with two attached hydrogens (primary N) is 1. The molecule has 122 valence electrons. The molecule has 4 heteroatoms. The molecule has 1 amide bonds. The molecule has 0 aliphatic carbocycles. The maximum absolute atomic E-state index is 12.5. The Bertz CT molecular complexity index is 522. The second kappa shape index (κ2) is 6.69. The van der Waals surface area contributed by atoms with Crippen LogP contribution in [0.4, 0.5) is 0 Å². The zero-order chi connectivity index (χ0) is 16.3. The fraction of sp³-hybridized carbons (Fsp3) is 0.611. The molecule has 1 aliphatic heterocycles. The van der Waals surface area contributed by atoms with Crippen LogP contribution in [0.1, 0.15) is 46.1 Å². The summed E-state index contributed by atoms with van der Waals surface area (Å²) < 4.78 is 5.87. The lowest BCUT2D eigenvalue weighted by atomic mass is 9.87. The number of piperidine rings is 1. The standard InChI is InChI=1S/C18H28N2O2/c1-13(17(21)20-10-6-8-15(19)12-20)22-16-9-5-7-14(11-16)18(2,3)4/h5,7,9,11,13,15H,6,8,10,12,19H2,1-4H3. The Morgan fingerprint density at radius 1 is 1.41 bits per heavy atom. The van der Waals surface area contributed by atoms with Gasteiger partial charge in [-0.1, -0.05) is 32.9 Å². The van der Waals surface area contributed by atoms with Crippen molar-refractivity contribution in [3.05, 3.63) is 29.8 Å². The van der Waals surface area contributed by atoms with Gasteiger partial charge in [-0.2, -0.15) is 0 Å². The second-order valence-electron chi connectivity index (χ2n) is 7.22. The molecule has 1 aliphatic rings. The minimum atomic E-state index is -0.486. The van der Waals surface area contributed by atoms with Crippen molar-refractivity contribution in [3.8, 4) is 5.75 Å². The molecule has 1 heterocycles. The van der Waals surface area contributed by atoms with Gasteiger partial charge in [-0.3, -0.25) is 4.79 Å². The van der Waals surface area contributed by atoms with Crippen molar-refractivity contribution in [1.29, 1.82) is 0 Å². The van der Waals surface area contributed by atoms with Gasteiger partial charge in [0.15, 0.2) is 6.10 Å². The van der Waals surface area contributed by atoms with Crippen LogP contribution < -0.4 is 10.5 Å². The smallest absolute Gasteiger partial charge is 0.263 e. The van der Waals surface area contributed by atoms with E-state index in [4.69, 9.17) is 10.5 Å². The van der Waals surface area contributed by atoms with Crippen molar-refractivity contribution in [2.24, 2.45) is 5.73 Å². The first-order valence-electron chi connectivity index (χ1n) is 8.09. The number of likely N-dealkylation sites (tertiary alicyclic amines) is 1. The zero-order valence-corrected chi connectivity index (χ0v) is 14.1. The van der Waals surface area contributed by atoms with Gasteiger partial charge in [-0.05, 0) is 42.9 Å². The predicted molar refractivity (Wildman–Crippen MR) is 89.0 cm³/mol. The normalized spacial score (nSPS) is 20.6. The molecule has 1 saturated heterocycles. The van der Waals surface area contributed by atoms with Gasteiger partial charge in [0.25, 0.3) is 5.91 Å². The van der Waals surface area contributed by atoms with Gasteiger partial charge in [0.05, 0.1) is 0 Å². The molecule has 2 unspecified atom stereocenters. The van der Waals surface area contributed by atoms with E-state index in [1.807, 2.05) is 30.0 Å². The Morgan fingerprint density at radius 2 is 2.14 bits per heavy atom. The number of carbonyl (C=O) groups is 1. The van der Waals surface area contributed by atoms with E-state index >= 15 is 0 Å². The predicted octanol–water partition coefficient (Wildman–Crippen LogP) is 2.70. The minimum Gasteiger partial charge on any atom is -0.481 e. The summed E-state index contributed by atoms with van der Waals surface area (Å²) in [5.41, 5.74) is 7.21. The summed E-state index contributed by atoms with van der Waals surface area (Å²) in [5.74, 6) is 0.769. The van der Waals surface area contributed by atoms with Crippen molar-refractivity contribution in [2.45, 2.75) is 58.1 Å². The first-order valence-corrected chi connectivity index (χ1v) is 8.09. The average Bonchev–Trinajstić information content (AvgIpc) is 2.46. The summed E-state index contributed by atoms with van der Waals surface area (Å²) >= 11 is 0. The molecule has 2 rings (SSSR count). The van der Waals surface area contributed by atoms with E-state index in [2.05, 4.69) is 26.8 Å². The van der Waals surface area contributed by atoms with Gasteiger partial charge in [-0.25, -0.2) is 0 Å². The summed E-state index contributed by atoms with van der Waals surface area (Å²) in [4.78, 5) is 14.3. The lowest BCUT2D eigenvalue weighted by Crippen LogP contribution is -2.49. The molecule has 0 radical (unpaired) electrons. The van der Waals surface area contributed by atoms with E-state index in [9.17, 15) is 4.79 Å². The van der Waals surface area contributed by atoms with E-state index in [0.29, 0.717) is 6.54 Å². The Kier molecular flexibility index (Phi) is 5.12. The van der Waals surface area contributed by atoms with Crippen LogP contribution in [0.2, 0.25) is 0 Å². The van der Waals surface area contributed by atoms with Crippen LogP contribution in [0, 0.1) is 0 Å². The largest absolute Gasteiger partial charge is 0.481 e. The second-order valence-corrected chi connectivity index (χ2v) is 7.22. The summed E-state index contributed by atoms with van der Waals surface area (Å²) in [5, 5.41) is 0. The maximum atomic E-state index is 12.5. The molecule has 1 aromatic rings. The van der Waals surface area contributed by atoms with E-state index in [1.165, 1.54) is 5.56 Å². The van der Waals surface area contributed by atoms with Gasteiger partial charge in [0.2, 0.25) is 0 Å². The molecule has 2 N–H and O–H groups in total. The molecule has 0 saturated carbocycles. The topological polar surface area (TPSA) is 55.6 Å². The SMILES string of the molecule is CC(Oc1cccc(C(C)(C)C)c1)C(=O)N1CCCC(N)C1. The third-order valence-corrected chi connectivity index (χ3v) is 4.13. The van der Waals surface area contributed by atoms with Crippen LogP contribution in [0.25, 0.3) is 0 Å². The quantitative estimate of drug-likeness (QED) is 0.934. The molecule has 4 nitrogen and oxygen atoms in total. The van der Waals surface area contributed by atoms with Crippen molar-refractivity contribution in [2.75, 3.05) is 13.1 Å². The molecule has 2 atom stereocenters. The Balaban J connectivity index is 2.02. The Hall–Kier alpha value is -1.55. The molecule has 1 aromatic carbocycles. The zero-order valence-electron chi connectivity index (χ0n) is 14.1. The maximum Gasteiger partial charge on any atom is 0.263 e. The third-order valence-electron chi connectivity index (χ3n) is 4.13. The number of hydrogen-bond acceptors (Lipinski definition) is 3. The molecule has 0 spiro atoms. The van der Waals surface area contributed by atoms with Crippen molar-refractivity contribution >= 4 is 5.91 Å². The van der Waals surface area contributed by atoms with Crippen molar-refractivity contribution in [1.82, 2.24) is 4.90 Å². The van der Waals surface area contributed by atoms with Crippen LogP contribution >= 0.6 is 0 Å². The highest BCUT2D eigenvalue weighted by Crippen LogP contribution is 2.26. The summed E-state index contributed by atoms with van der Waals surface area (Å²) in [6.45, 7) is 9.71. The lowest BCUT2D eigenvalue weighted by molar-refractivity contribution is -0.139. The summed E-state index contributed by atoms with van der Waals surface area (Å²) in [6.07, 6.45) is 1.48. The molecule has 0 bridgehead atoms. The van der Waals surface area contributed by atoms with E-state index < -0.39 is 6.10 Å². The van der Waals surface area contributed by atoms with Crippen LogP contribution in [0.5, 0.6) is 5.75 Å². The van der Waals surface area contributed by atoms with Gasteiger partial charge in [0, 0.05) is 19.1 Å². The van der Waals surface area contributed by atoms with Crippen LogP contribution in [0.3, 0.4) is 0 Å². The summed E-state index contributed by atoms with van der Waals surface area (Å²) in [7, 11) is 0. The number of hydrogen-bond donors (Lipinski definition) is 1. The highest BCUT2D eigenvalue weighted by Gasteiger charge is 2.26. The molecular weight excluding hydrogens is 276 g/mol. The Morgan fingerprint density at radius 3 is 2.77 bits per heavy atom.